The lowest BCUT2D eigenvalue weighted by atomic mass is 9.98. The molecule has 0 aliphatic carbocycles. The van der Waals surface area contributed by atoms with E-state index in [9.17, 15) is 17.6 Å². The summed E-state index contributed by atoms with van der Waals surface area (Å²) in [6.45, 7) is 0.920. The second kappa shape index (κ2) is 7.76. The van der Waals surface area contributed by atoms with Gasteiger partial charge in [0.25, 0.3) is 15.9 Å². The first-order valence-corrected chi connectivity index (χ1v) is 9.95. The molecule has 0 saturated carbocycles. The number of nitrogens with one attached hydrogen (secondary N) is 1. The van der Waals surface area contributed by atoms with Crippen LogP contribution in [0.2, 0.25) is 0 Å². The Balaban J connectivity index is 1.80. The highest BCUT2D eigenvalue weighted by Gasteiger charge is 2.25. The molecule has 6 nitrogen and oxygen atoms in total. The highest BCUT2D eigenvalue weighted by atomic mass is 32.2. The average molecular weight is 387 g/mol. The van der Waals surface area contributed by atoms with Crippen LogP contribution in [0.25, 0.3) is 0 Å². The molecule has 1 fully saturated rings. The zero-order chi connectivity index (χ0) is 19.4. The van der Waals surface area contributed by atoms with E-state index in [0.29, 0.717) is 25.9 Å². The Bertz CT molecular complexity index is 993. The van der Waals surface area contributed by atoms with Gasteiger partial charge in [-0.1, -0.05) is 18.2 Å². The number of rotatable bonds is 4. The summed E-state index contributed by atoms with van der Waals surface area (Å²) in [6.07, 6.45) is 1.21. The van der Waals surface area contributed by atoms with Crippen molar-refractivity contribution in [3.8, 4) is 6.07 Å². The summed E-state index contributed by atoms with van der Waals surface area (Å²) in [5.41, 5.74) is 0.0784. The highest BCUT2D eigenvalue weighted by molar-refractivity contribution is 7.92. The first-order valence-electron chi connectivity index (χ1n) is 8.47. The molecular weight excluding hydrogens is 369 g/mol. The molecule has 2 aromatic rings. The van der Waals surface area contributed by atoms with Crippen molar-refractivity contribution in [2.24, 2.45) is 5.92 Å². The van der Waals surface area contributed by atoms with Crippen LogP contribution in [0.1, 0.15) is 23.2 Å². The molecule has 0 radical (unpaired) electrons. The predicted octanol–water partition coefficient (Wildman–Crippen LogP) is 3.00. The number of carbonyl (C=O) groups excluding carboxylic acids is 1. The Labute approximate surface area is 157 Å². The van der Waals surface area contributed by atoms with Crippen LogP contribution >= 0.6 is 0 Å². The van der Waals surface area contributed by atoms with E-state index in [1.807, 2.05) is 0 Å². The molecule has 1 heterocycles. The Morgan fingerprint density at radius 3 is 2.52 bits per heavy atom. The van der Waals surface area contributed by atoms with E-state index >= 15 is 0 Å². The topological polar surface area (TPSA) is 90.3 Å². The van der Waals surface area contributed by atoms with Gasteiger partial charge in [0.05, 0.1) is 16.7 Å². The Morgan fingerprint density at radius 2 is 1.85 bits per heavy atom. The van der Waals surface area contributed by atoms with Crippen molar-refractivity contribution in [2.45, 2.75) is 17.7 Å². The molecule has 1 amide bonds. The number of likely N-dealkylation sites (tertiary alicyclic amines) is 1. The van der Waals surface area contributed by atoms with E-state index in [1.54, 1.807) is 11.0 Å². The number of carbonyl (C=O) groups is 1. The van der Waals surface area contributed by atoms with Gasteiger partial charge in [-0.2, -0.15) is 5.26 Å². The minimum Gasteiger partial charge on any atom is -0.339 e. The third-order valence-electron chi connectivity index (χ3n) is 4.47. The van der Waals surface area contributed by atoms with E-state index in [2.05, 4.69) is 10.8 Å². The molecule has 0 spiro atoms. The fourth-order valence-electron chi connectivity index (χ4n) is 2.94. The number of halogens is 1. The summed E-state index contributed by atoms with van der Waals surface area (Å²) in [5, 5.41) is 8.95. The van der Waals surface area contributed by atoms with Gasteiger partial charge >= 0.3 is 0 Å². The zero-order valence-electron chi connectivity index (χ0n) is 14.4. The lowest BCUT2D eigenvalue weighted by Crippen LogP contribution is -2.38. The first-order chi connectivity index (χ1) is 12.9. The number of para-hydroxylation sites is 1. The molecule has 1 saturated heterocycles. The normalized spacial score (nSPS) is 15.2. The monoisotopic (exact) mass is 387 g/mol. The number of anilines is 1. The van der Waals surface area contributed by atoms with E-state index in [4.69, 9.17) is 5.26 Å². The summed E-state index contributed by atoms with van der Waals surface area (Å²) >= 11 is 0. The molecule has 0 bridgehead atoms. The van der Waals surface area contributed by atoms with Crippen LogP contribution in [0.4, 0.5) is 10.1 Å². The van der Waals surface area contributed by atoms with Gasteiger partial charge in [0, 0.05) is 24.6 Å². The van der Waals surface area contributed by atoms with E-state index in [-0.39, 0.29) is 28.0 Å². The SMILES string of the molecule is N#CC1CCN(C(=O)c2cccc(S(=O)(=O)Nc3ccccc3F)c2)CC1. The fourth-order valence-corrected chi connectivity index (χ4v) is 4.05. The number of nitriles is 1. The number of piperidine rings is 1. The highest BCUT2D eigenvalue weighted by Crippen LogP contribution is 2.22. The van der Waals surface area contributed by atoms with Gasteiger partial charge in [-0.15, -0.1) is 0 Å². The molecular formula is C19H18FN3O3S. The lowest BCUT2D eigenvalue weighted by Gasteiger charge is -2.29. The van der Waals surface area contributed by atoms with Crippen molar-refractivity contribution in [1.82, 2.24) is 4.90 Å². The quantitative estimate of drug-likeness (QED) is 0.873. The van der Waals surface area contributed by atoms with Crippen molar-refractivity contribution >= 4 is 21.6 Å². The number of benzene rings is 2. The molecule has 140 valence electrons. The number of nitrogens with zero attached hydrogens (tertiary/aromatic N) is 2. The van der Waals surface area contributed by atoms with E-state index < -0.39 is 15.8 Å². The number of amides is 1. The molecule has 27 heavy (non-hydrogen) atoms. The maximum absolute atomic E-state index is 13.7. The third kappa shape index (κ3) is 4.26. The summed E-state index contributed by atoms with van der Waals surface area (Å²) in [6, 6.07) is 13.3. The third-order valence-corrected chi connectivity index (χ3v) is 5.84. The zero-order valence-corrected chi connectivity index (χ0v) is 15.2. The molecule has 3 rings (SSSR count). The van der Waals surface area contributed by atoms with Crippen molar-refractivity contribution < 1.29 is 17.6 Å². The Hall–Kier alpha value is -2.92. The summed E-state index contributed by atoms with van der Waals surface area (Å²) in [4.78, 5) is 14.1. The van der Waals surface area contributed by atoms with Gasteiger partial charge < -0.3 is 4.90 Å². The Kier molecular flexibility index (Phi) is 5.42. The minimum absolute atomic E-state index is 0.0502. The van der Waals surface area contributed by atoms with Crippen LogP contribution in [0.3, 0.4) is 0 Å². The van der Waals surface area contributed by atoms with Gasteiger partial charge in [-0.3, -0.25) is 9.52 Å². The van der Waals surface area contributed by atoms with Crippen molar-refractivity contribution in [3.63, 3.8) is 0 Å². The van der Waals surface area contributed by atoms with E-state index in [0.717, 1.165) is 6.07 Å². The van der Waals surface area contributed by atoms with Crippen LogP contribution in [0.15, 0.2) is 53.4 Å². The molecule has 0 atom stereocenters. The maximum Gasteiger partial charge on any atom is 0.262 e. The maximum atomic E-state index is 13.7. The minimum atomic E-state index is -4.04. The van der Waals surface area contributed by atoms with E-state index in [1.165, 1.54) is 36.4 Å². The van der Waals surface area contributed by atoms with Gasteiger partial charge in [-0.05, 0) is 43.2 Å². The fraction of sp³-hybridized carbons (Fsp3) is 0.263. The average Bonchev–Trinajstić information content (AvgIpc) is 2.69. The molecule has 1 N–H and O–H groups in total. The lowest BCUT2D eigenvalue weighted by molar-refractivity contribution is 0.0707. The second-order valence-electron chi connectivity index (χ2n) is 6.31. The molecule has 2 aromatic carbocycles. The van der Waals surface area contributed by atoms with Gasteiger partial charge in [0.1, 0.15) is 5.82 Å². The van der Waals surface area contributed by atoms with Crippen LogP contribution in [0.5, 0.6) is 0 Å². The van der Waals surface area contributed by atoms with Crippen molar-refractivity contribution in [2.75, 3.05) is 17.8 Å². The van der Waals surface area contributed by atoms with Crippen molar-refractivity contribution in [1.29, 1.82) is 5.26 Å². The first kappa shape index (κ1) is 18.9. The van der Waals surface area contributed by atoms with Crippen LogP contribution in [0, 0.1) is 23.1 Å². The number of sulfonamides is 1. The second-order valence-corrected chi connectivity index (χ2v) is 7.99. The largest absolute Gasteiger partial charge is 0.339 e. The van der Waals surface area contributed by atoms with Crippen LogP contribution < -0.4 is 4.72 Å². The van der Waals surface area contributed by atoms with Gasteiger partial charge in [0.15, 0.2) is 0 Å². The number of hydrogen-bond acceptors (Lipinski definition) is 4. The molecule has 0 unspecified atom stereocenters. The van der Waals surface area contributed by atoms with Gasteiger partial charge in [0.2, 0.25) is 0 Å². The Morgan fingerprint density at radius 1 is 1.15 bits per heavy atom. The summed E-state index contributed by atoms with van der Waals surface area (Å²) in [7, 11) is -4.04. The molecule has 0 aromatic heterocycles. The van der Waals surface area contributed by atoms with Crippen molar-refractivity contribution in [3.05, 3.63) is 59.9 Å². The van der Waals surface area contributed by atoms with Gasteiger partial charge in [-0.25, -0.2) is 12.8 Å². The molecule has 1 aliphatic heterocycles. The summed E-state index contributed by atoms with van der Waals surface area (Å²) < 4.78 is 41.0. The standard InChI is InChI=1S/C19H18FN3O3S/c20-17-6-1-2-7-18(17)22-27(25,26)16-5-3-4-15(12-16)19(24)23-10-8-14(13-21)9-11-23/h1-7,12,14,22H,8-11H2. The summed E-state index contributed by atoms with van der Waals surface area (Å²) in [5.74, 6) is -1.02. The predicted molar refractivity (Wildman–Crippen MR) is 97.9 cm³/mol. The molecule has 1 aliphatic rings. The van der Waals surface area contributed by atoms with Crippen LogP contribution in [-0.2, 0) is 10.0 Å². The van der Waals surface area contributed by atoms with Crippen LogP contribution in [-0.4, -0.2) is 32.3 Å². The molecule has 8 heteroatoms. The number of hydrogen-bond donors (Lipinski definition) is 1. The smallest absolute Gasteiger partial charge is 0.262 e.